The molecule has 0 amide bonds. The zero-order chi connectivity index (χ0) is 22.9. The fourth-order valence-corrected chi connectivity index (χ4v) is 3.55. The number of nitrogens with two attached hydrogens (primary N) is 1. The minimum atomic E-state index is -4.50. The fourth-order valence-electron chi connectivity index (χ4n) is 3.55. The summed E-state index contributed by atoms with van der Waals surface area (Å²) in [6.45, 7) is 10.5. The smallest absolute Gasteiger partial charge is 0.419 e. The van der Waals surface area contributed by atoms with Crippen molar-refractivity contribution < 1.29 is 22.3 Å². The molecule has 1 aliphatic rings. The molecule has 0 spiro atoms. The van der Waals surface area contributed by atoms with E-state index in [1.165, 1.54) is 19.3 Å². The molecule has 2 aromatic rings. The molecule has 0 saturated carbocycles. The molecule has 3 rings (SSSR count). The van der Waals surface area contributed by atoms with Crippen molar-refractivity contribution in [2.75, 3.05) is 30.8 Å². The van der Waals surface area contributed by atoms with Crippen LogP contribution in [0.1, 0.15) is 30.0 Å². The molecular weight excluding hydrogens is 412 g/mol. The number of allylic oxidation sites excluding steroid dienone is 1. The van der Waals surface area contributed by atoms with Crippen molar-refractivity contribution in [3.8, 4) is 5.75 Å². The molecule has 2 N–H and O–H groups in total. The summed E-state index contributed by atoms with van der Waals surface area (Å²) in [6, 6.07) is 1.33. The molecule has 31 heavy (non-hydrogen) atoms. The zero-order valence-electron chi connectivity index (χ0n) is 17.2. The van der Waals surface area contributed by atoms with Crippen LogP contribution in [-0.4, -0.2) is 30.2 Å². The van der Waals surface area contributed by atoms with E-state index < -0.39 is 17.6 Å². The molecule has 0 radical (unpaired) electrons. The van der Waals surface area contributed by atoms with E-state index in [4.69, 9.17) is 10.5 Å². The standard InChI is InChI=1S/C22H22F4N4O/c1-5-15-16(8-18(23)20(31-4)19(15)27)13(3)17-11-30(7-6-12(17)2)21-28-9-14(10-29-21)22(24,25)26/h5,8-10H,1-2,6-7,11,27H2,3-4H3/b17-13+. The van der Waals surface area contributed by atoms with Crippen LogP contribution >= 0.6 is 0 Å². The van der Waals surface area contributed by atoms with Gasteiger partial charge < -0.3 is 15.4 Å². The molecule has 1 aromatic heterocycles. The second-order valence-electron chi connectivity index (χ2n) is 7.12. The Labute approximate surface area is 177 Å². The Morgan fingerprint density at radius 1 is 1.29 bits per heavy atom. The number of alkyl halides is 3. The minimum Gasteiger partial charge on any atom is -0.492 e. The van der Waals surface area contributed by atoms with Crippen LogP contribution in [0.2, 0.25) is 0 Å². The van der Waals surface area contributed by atoms with E-state index in [1.54, 1.807) is 4.90 Å². The van der Waals surface area contributed by atoms with Crippen molar-refractivity contribution in [1.82, 2.24) is 9.97 Å². The van der Waals surface area contributed by atoms with Crippen LogP contribution < -0.4 is 15.4 Å². The first-order valence-electron chi connectivity index (χ1n) is 9.39. The molecule has 0 aliphatic carbocycles. The van der Waals surface area contributed by atoms with Crippen molar-refractivity contribution in [2.45, 2.75) is 19.5 Å². The maximum atomic E-state index is 14.5. The number of anilines is 2. The molecule has 1 saturated heterocycles. The lowest BCUT2D eigenvalue weighted by atomic mass is 9.89. The van der Waals surface area contributed by atoms with Crippen molar-refractivity contribution in [1.29, 1.82) is 0 Å². The first-order chi connectivity index (χ1) is 14.6. The average molecular weight is 434 g/mol. The Morgan fingerprint density at radius 2 is 1.94 bits per heavy atom. The number of ether oxygens (including phenoxy) is 1. The maximum absolute atomic E-state index is 14.5. The van der Waals surface area contributed by atoms with Gasteiger partial charge in [-0.3, -0.25) is 0 Å². The zero-order valence-corrected chi connectivity index (χ0v) is 17.2. The van der Waals surface area contributed by atoms with E-state index in [9.17, 15) is 17.6 Å². The number of benzene rings is 1. The number of hydrogen-bond donors (Lipinski definition) is 1. The monoisotopic (exact) mass is 434 g/mol. The van der Waals surface area contributed by atoms with Crippen molar-refractivity contribution in [2.24, 2.45) is 0 Å². The maximum Gasteiger partial charge on any atom is 0.419 e. The molecule has 0 bridgehead atoms. The van der Waals surface area contributed by atoms with Gasteiger partial charge in [0, 0.05) is 31.0 Å². The Morgan fingerprint density at radius 3 is 2.48 bits per heavy atom. The third-order valence-electron chi connectivity index (χ3n) is 5.29. The lowest BCUT2D eigenvalue weighted by molar-refractivity contribution is -0.138. The van der Waals surface area contributed by atoms with Crippen LogP contribution in [0.25, 0.3) is 11.6 Å². The van der Waals surface area contributed by atoms with Gasteiger partial charge in [-0.05, 0) is 41.7 Å². The summed E-state index contributed by atoms with van der Waals surface area (Å²) >= 11 is 0. The van der Waals surface area contributed by atoms with Gasteiger partial charge in [-0.15, -0.1) is 0 Å². The highest BCUT2D eigenvalue weighted by atomic mass is 19.4. The molecule has 0 unspecified atom stereocenters. The Bertz CT molecular complexity index is 1060. The third kappa shape index (κ3) is 4.26. The average Bonchev–Trinajstić information content (AvgIpc) is 2.73. The molecule has 164 valence electrons. The number of nitrogen functional groups attached to an aromatic ring is 1. The van der Waals surface area contributed by atoms with Crippen molar-refractivity contribution in [3.05, 3.63) is 65.3 Å². The van der Waals surface area contributed by atoms with Gasteiger partial charge in [0.1, 0.15) is 0 Å². The van der Waals surface area contributed by atoms with E-state index >= 15 is 0 Å². The summed E-state index contributed by atoms with van der Waals surface area (Å²) in [5.74, 6) is -0.487. The van der Waals surface area contributed by atoms with E-state index in [0.717, 1.165) is 29.1 Å². The van der Waals surface area contributed by atoms with Gasteiger partial charge in [-0.2, -0.15) is 13.2 Å². The number of nitrogens with zero attached hydrogens (tertiary/aromatic N) is 3. The lowest BCUT2D eigenvalue weighted by Crippen LogP contribution is -2.34. The van der Waals surface area contributed by atoms with Gasteiger partial charge in [0.15, 0.2) is 11.6 Å². The number of halogens is 4. The predicted molar refractivity (Wildman–Crippen MR) is 113 cm³/mol. The Kier molecular flexibility index (Phi) is 6.06. The molecule has 1 fully saturated rings. The molecule has 5 nitrogen and oxygen atoms in total. The topological polar surface area (TPSA) is 64.3 Å². The highest BCUT2D eigenvalue weighted by Crippen LogP contribution is 2.38. The number of methoxy groups -OCH3 is 1. The molecule has 1 aliphatic heterocycles. The van der Waals surface area contributed by atoms with Gasteiger partial charge in [0.2, 0.25) is 5.95 Å². The van der Waals surface area contributed by atoms with E-state index in [0.29, 0.717) is 30.6 Å². The predicted octanol–water partition coefficient (Wildman–Crippen LogP) is 5.11. The van der Waals surface area contributed by atoms with Crippen molar-refractivity contribution in [3.63, 3.8) is 0 Å². The Balaban J connectivity index is 2.01. The second-order valence-corrected chi connectivity index (χ2v) is 7.12. The molecule has 0 atom stereocenters. The molecule has 9 heteroatoms. The summed E-state index contributed by atoms with van der Waals surface area (Å²) in [6.07, 6.45) is -0.905. The number of aromatic nitrogens is 2. The number of rotatable bonds is 4. The highest BCUT2D eigenvalue weighted by Gasteiger charge is 2.32. The lowest BCUT2D eigenvalue weighted by Gasteiger charge is -2.32. The molecular formula is C22H22F4N4O. The van der Waals surface area contributed by atoms with Crippen LogP contribution in [0.4, 0.5) is 29.2 Å². The van der Waals surface area contributed by atoms with Crippen LogP contribution in [0.5, 0.6) is 5.75 Å². The quantitative estimate of drug-likeness (QED) is 0.535. The summed E-state index contributed by atoms with van der Waals surface area (Å²) < 4.78 is 57.9. The second kappa shape index (κ2) is 8.41. The van der Waals surface area contributed by atoms with Crippen LogP contribution in [0, 0.1) is 5.82 Å². The number of hydrogen-bond acceptors (Lipinski definition) is 5. The first-order valence-corrected chi connectivity index (χ1v) is 9.39. The van der Waals surface area contributed by atoms with Gasteiger partial charge in [-0.25, -0.2) is 14.4 Å². The largest absolute Gasteiger partial charge is 0.492 e. The highest BCUT2D eigenvalue weighted by molar-refractivity contribution is 5.85. The number of piperidine rings is 1. The normalized spacial score (nSPS) is 16.3. The van der Waals surface area contributed by atoms with Crippen LogP contribution in [0.3, 0.4) is 0 Å². The van der Waals surface area contributed by atoms with E-state index in [2.05, 4.69) is 23.1 Å². The van der Waals surface area contributed by atoms with Gasteiger partial charge in [-0.1, -0.05) is 19.2 Å². The molecule has 2 heterocycles. The fraction of sp³-hybridized carbons (Fsp3) is 0.273. The van der Waals surface area contributed by atoms with Crippen LogP contribution in [-0.2, 0) is 6.18 Å². The van der Waals surface area contributed by atoms with E-state index in [1.807, 2.05) is 6.92 Å². The summed E-state index contributed by atoms with van der Waals surface area (Å²) in [4.78, 5) is 9.50. The summed E-state index contributed by atoms with van der Waals surface area (Å²) in [7, 11) is 1.33. The van der Waals surface area contributed by atoms with Gasteiger partial charge in [0.25, 0.3) is 0 Å². The third-order valence-corrected chi connectivity index (χ3v) is 5.29. The summed E-state index contributed by atoms with van der Waals surface area (Å²) in [5, 5.41) is 0. The first kappa shape index (κ1) is 22.3. The van der Waals surface area contributed by atoms with E-state index in [-0.39, 0.29) is 17.4 Å². The SMILES string of the molecule is C=Cc1c(/C(C)=C2\CN(c3ncc(C(F)(F)F)cn3)CCC2=C)cc(F)c(OC)c1N. The van der Waals surface area contributed by atoms with Crippen LogP contribution in [0.15, 0.2) is 42.8 Å². The minimum absolute atomic E-state index is 0.0568. The van der Waals surface area contributed by atoms with Gasteiger partial charge >= 0.3 is 6.18 Å². The van der Waals surface area contributed by atoms with Crippen molar-refractivity contribution >= 4 is 23.3 Å². The Hall–Kier alpha value is -3.36. The molecule has 1 aromatic carbocycles. The summed E-state index contributed by atoms with van der Waals surface area (Å²) in [5.41, 5.74) is 8.73. The van der Waals surface area contributed by atoms with Gasteiger partial charge in [0.05, 0.1) is 18.4 Å².